The van der Waals surface area contributed by atoms with Crippen LogP contribution in [0.15, 0.2) is 60.7 Å². The summed E-state index contributed by atoms with van der Waals surface area (Å²) >= 11 is 0. The van der Waals surface area contributed by atoms with Gasteiger partial charge in [-0.2, -0.15) is 0 Å². The molecule has 0 aliphatic rings. The summed E-state index contributed by atoms with van der Waals surface area (Å²) in [5.74, 6) is 7.48. The van der Waals surface area contributed by atoms with Crippen LogP contribution in [-0.2, 0) is 13.1 Å². The highest BCUT2D eigenvalue weighted by Gasteiger charge is 2.41. The van der Waals surface area contributed by atoms with Crippen LogP contribution in [0.3, 0.4) is 0 Å². The van der Waals surface area contributed by atoms with E-state index in [2.05, 4.69) is 150 Å². The molecular weight excluding hydrogens is 443 g/mol. The number of rotatable bonds is 8. The van der Waals surface area contributed by atoms with Gasteiger partial charge in [0.2, 0.25) is 0 Å². The van der Waals surface area contributed by atoms with Gasteiger partial charge in [-0.25, -0.2) is 0 Å². The Morgan fingerprint density at radius 1 is 0.618 bits per heavy atom. The number of hydrogen-bond donors (Lipinski definition) is 0. The van der Waals surface area contributed by atoms with Crippen LogP contribution in [0.1, 0.15) is 52.7 Å². The van der Waals surface area contributed by atoms with Gasteiger partial charge in [0.1, 0.15) is 22.2 Å². The molecule has 0 heterocycles. The Hall–Kier alpha value is -2.05. The normalized spacial score (nSPS) is 13.0. The van der Waals surface area contributed by atoms with Gasteiger partial charge in [0, 0.05) is 13.1 Å². The van der Waals surface area contributed by atoms with Crippen LogP contribution in [0.25, 0.3) is 0 Å². The van der Waals surface area contributed by atoms with Gasteiger partial charge >= 0.3 is 0 Å². The van der Waals surface area contributed by atoms with Crippen molar-refractivity contribution in [3.8, 4) is 22.9 Å². The van der Waals surface area contributed by atoms with Crippen molar-refractivity contribution in [3.63, 3.8) is 0 Å². The molecule has 2 aromatic rings. The van der Waals surface area contributed by atoms with E-state index in [4.69, 9.17) is 0 Å². The second-order valence-corrected chi connectivity index (χ2v) is 21.8. The highest BCUT2D eigenvalue weighted by molar-refractivity contribution is 6.90. The predicted octanol–water partition coefficient (Wildman–Crippen LogP) is 8.16. The Bertz CT molecular complexity index is 933. The molecule has 0 aromatic heterocycles. The summed E-state index contributed by atoms with van der Waals surface area (Å²) < 4.78 is 0. The van der Waals surface area contributed by atoms with Gasteiger partial charge in [0.25, 0.3) is 0 Å². The molecule has 0 saturated heterocycles. The predicted molar refractivity (Wildman–Crippen MR) is 156 cm³/mol. The molecule has 0 unspecified atom stereocenters. The lowest BCUT2D eigenvalue weighted by molar-refractivity contribution is 0.253. The van der Waals surface area contributed by atoms with E-state index in [0.29, 0.717) is 16.6 Å². The Morgan fingerprint density at radius 3 is 1.35 bits per heavy atom. The van der Waals surface area contributed by atoms with Crippen molar-refractivity contribution in [1.82, 2.24) is 4.90 Å². The van der Waals surface area contributed by atoms with Crippen molar-refractivity contribution in [1.29, 1.82) is 0 Å². The summed E-state index contributed by atoms with van der Waals surface area (Å²) in [5, 5.41) is 0. The summed E-state index contributed by atoms with van der Waals surface area (Å²) in [6.45, 7) is 22.9. The molecule has 0 radical (unpaired) electrons. The molecule has 34 heavy (non-hydrogen) atoms. The molecule has 3 heteroatoms. The lowest BCUT2D eigenvalue weighted by atomic mass is 10.1. The minimum Gasteiger partial charge on any atom is -0.271 e. The van der Waals surface area contributed by atoms with E-state index < -0.39 is 16.1 Å². The Morgan fingerprint density at radius 2 is 1.00 bits per heavy atom. The maximum absolute atomic E-state index is 3.98. The highest BCUT2D eigenvalue weighted by Crippen LogP contribution is 2.40. The van der Waals surface area contributed by atoms with E-state index in [1.807, 2.05) is 0 Å². The van der Waals surface area contributed by atoms with Crippen molar-refractivity contribution in [2.45, 2.75) is 96.9 Å². The molecule has 1 nitrogen and oxygen atoms in total. The first kappa shape index (κ1) is 28.2. The zero-order chi connectivity index (χ0) is 25.4. The second-order valence-electron chi connectivity index (χ2n) is 11.5. The summed E-state index contributed by atoms with van der Waals surface area (Å²) in [6, 6.07) is 21.4. The molecule has 2 aromatic carbocycles. The van der Waals surface area contributed by atoms with Crippen molar-refractivity contribution >= 4 is 16.1 Å². The zero-order valence-electron chi connectivity index (χ0n) is 22.9. The van der Waals surface area contributed by atoms with Gasteiger partial charge in [-0.15, -0.1) is 11.1 Å². The molecular formula is C31H45NSi2. The van der Waals surface area contributed by atoms with Gasteiger partial charge in [-0.1, -0.05) is 134 Å². The fourth-order valence-corrected chi connectivity index (χ4v) is 10.8. The van der Waals surface area contributed by atoms with E-state index in [9.17, 15) is 0 Å². The molecule has 0 aliphatic heterocycles. The van der Waals surface area contributed by atoms with Crippen LogP contribution < -0.4 is 0 Å². The average molecular weight is 488 g/mol. The average Bonchev–Trinajstić information content (AvgIpc) is 2.76. The van der Waals surface area contributed by atoms with E-state index >= 15 is 0 Å². The topological polar surface area (TPSA) is 3.24 Å². The number of nitrogens with zero attached hydrogens (tertiary/aromatic N) is 1. The number of hydrogen-bond acceptors (Lipinski definition) is 1. The van der Waals surface area contributed by atoms with Gasteiger partial charge in [0.05, 0.1) is 0 Å². The zero-order valence-corrected chi connectivity index (χ0v) is 24.9. The van der Waals surface area contributed by atoms with Crippen molar-refractivity contribution in [2.75, 3.05) is 0 Å². The van der Waals surface area contributed by atoms with Crippen LogP contribution in [0, 0.1) is 22.9 Å². The Labute approximate surface area is 212 Å². The molecule has 0 bridgehead atoms. The standard InChI is InChI=1S/C31H45NSi2/c1-26(2)34(27(3)4,28(5)6)23-21-31(20-22-33(7,8)9)32(24-29-16-12-10-13-17-29)25-30-18-14-11-15-19-30/h10-19,26-28,31H,24-25H2,1-9H3/t31-/m0/s1. The first-order chi connectivity index (χ1) is 16.0. The van der Waals surface area contributed by atoms with E-state index in [1.165, 1.54) is 11.1 Å². The molecule has 0 fully saturated rings. The van der Waals surface area contributed by atoms with Gasteiger partial charge in [0.15, 0.2) is 0 Å². The summed E-state index contributed by atoms with van der Waals surface area (Å²) in [7, 11) is -3.37. The second kappa shape index (κ2) is 12.6. The van der Waals surface area contributed by atoms with Crippen LogP contribution >= 0.6 is 0 Å². The van der Waals surface area contributed by atoms with Crippen molar-refractivity contribution < 1.29 is 0 Å². The van der Waals surface area contributed by atoms with Crippen LogP contribution in [0.4, 0.5) is 0 Å². The van der Waals surface area contributed by atoms with Crippen molar-refractivity contribution in [3.05, 3.63) is 71.8 Å². The van der Waals surface area contributed by atoms with Crippen LogP contribution in [0.5, 0.6) is 0 Å². The van der Waals surface area contributed by atoms with Gasteiger partial charge in [-0.3, -0.25) is 4.90 Å². The molecule has 0 saturated carbocycles. The summed E-state index contributed by atoms with van der Waals surface area (Å²) in [6.07, 6.45) is 0. The lowest BCUT2D eigenvalue weighted by Crippen LogP contribution is -2.44. The van der Waals surface area contributed by atoms with Gasteiger partial charge in [-0.05, 0) is 27.8 Å². The maximum Gasteiger partial charge on any atom is 0.146 e. The third kappa shape index (κ3) is 8.02. The number of benzene rings is 2. The minimum atomic E-state index is -1.84. The monoisotopic (exact) mass is 487 g/mol. The molecule has 1 atom stereocenters. The van der Waals surface area contributed by atoms with Crippen LogP contribution in [0.2, 0.25) is 36.3 Å². The highest BCUT2D eigenvalue weighted by atomic mass is 28.3. The third-order valence-corrected chi connectivity index (χ3v) is 13.9. The quantitative estimate of drug-likeness (QED) is 0.268. The molecule has 2 rings (SSSR count). The molecule has 0 spiro atoms. The molecule has 182 valence electrons. The third-order valence-electron chi connectivity index (χ3n) is 6.70. The SMILES string of the molecule is CC(C)[Si](C#C[C@H](C#C[Si](C)(C)C)N(Cc1ccccc1)Cc1ccccc1)(C(C)C)C(C)C. The molecule has 0 N–H and O–H groups in total. The van der Waals surface area contributed by atoms with E-state index in [1.54, 1.807) is 0 Å². The van der Waals surface area contributed by atoms with Crippen LogP contribution in [-0.4, -0.2) is 27.1 Å². The molecule has 0 amide bonds. The first-order valence-corrected chi connectivity index (χ1v) is 18.6. The van der Waals surface area contributed by atoms with E-state index in [-0.39, 0.29) is 6.04 Å². The maximum atomic E-state index is 3.98. The fraction of sp³-hybridized carbons (Fsp3) is 0.484. The van der Waals surface area contributed by atoms with Crippen molar-refractivity contribution in [2.24, 2.45) is 0 Å². The fourth-order valence-electron chi connectivity index (χ4n) is 5.00. The summed E-state index contributed by atoms with van der Waals surface area (Å²) in [5.41, 5.74) is 12.1. The molecule has 0 aliphatic carbocycles. The van der Waals surface area contributed by atoms with E-state index in [0.717, 1.165) is 13.1 Å². The Kier molecular flexibility index (Phi) is 10.4. The largest absolute Gasteiger partial charge is 0.271 e. The lowest BCUT2D eigenvalue weighted by Gasteiger charge is -2.38. The van der Waals surface area contributed by atoms with Gasteiger partial charge < -0.3 is 0 Å². The Balaban J connectivity index is 2.61. The minimum absolute atomic E-state index is 0.0738. The summed E-state index contributed by atoms with van der Waals surface area (Å²) in [4.78, 5) is 2.48. The smallest absolute Gasteiger partial charge is 0.146 e. The first-order valence-electron chi connectivity index (χ1n) is 12.8.